The third-order valence-corrected chi connectivity index (χ3v) is 3.96. The fraction of sp³-hybridized carbons (Fsp3) is 0.273. The molecule has 0 radical (unpaired) electrons. The summed E-state index contributed by atoms with van der Waals surface area (Å²) in [4.78, 5) is -0.394. The summed E-state index contributed by atoms with van der Waals surface area (Å²) >= 11 is 0. The summed E-state index contributed by atoms with van der Waals surface area (Å²) in [7, 11) is -4.53. The number of anilines is 1. The van der Waals surface area contributed by atoms with Crippen molar-refractivity contribution >= 4 is 15.5 Å². The highest BCUT2D eigenvalue weighted by molar-refractivity contribution is 7.91. The quantitative estimate of drug-likeness (QED) is 0.872. The average molecular weight is 302 g/mol. The number of sulfone groups is 1. The van der Waals surface area contributed by atoms with Gasteiger partial charge in [-0.1, -0.05) is 5.21 Å². The highest BCUT2D eigenvalue weighted by Gasteiger charge is 2.26. The van der Waals surface area contributed by atoms with E-state index in [2.05, 4.69) is 15.6 Å². The van der Waals surface area contributed by atoms with Crippen LogP contribution in [0.15, 0.2) is 41.6 Å². The van der Waals surface area contributed by atoms with Crippen LogP contribution in [0, 0.1) is 0 Å². The molecule has 0 aliphatic carbocycles. The number of halogens is 2. The average Bonchev–Trinajstić information content (AvgIpc) is 2.92. The van der Waals surface area contributed by atoms with E-state index < -0.39 is 20.5 Å². The molecular formula is C11H12F2N4O2S. The molecule has 20 heavy (non-hydrogen) atoms. The molecule has 0 saturated carbocycles. The minimum absolute atomic E-state index is 0.394. The van der Waals surface area contributed by atoms with Gasteiger partial charge in [0.2, 0.25) is 9.84 Å². The van der Waals surface area contributed by atoms with Crippen LogP contribution in [-0.4, -0.2) is 35.7 Å². The molecule has 0 aliphatic rings. The lowest BCUT2D eigenvalue weighted by atomic mass is 10.3. The molecule has 0 atom stereocenters. The number of nitrogens with one attached hydrogen (secondary N) is 1. The van der Waals surface area contributed by atoms with Crippen LogP contribution >= 0.6 is 0 Å². The maximum Gasteiger partial charge on any atom is 0.341 e. The van der Waals surface area contributed by atoms with Gasteiger partial charge in [0, 0.05) is 18.4 Å². The molecule has 6 nitrogen and oxygen atoms in total. The molecule has 0 fully saturated rings. The van der Waals surface area contributed by atoms with E-state index in [1.165, 1.54) is 12.1 Å². The van der Waals surface area contributed by atoms with E-state index in [1.54, 1.807) is 17.1 Å². The predicted octanol–water partition coefficient (Wildman–Crippen LogP) is 1.39. The van der Waals surface area contributed by atoms with Crippen LogP contribution in [0.25, 0.3) is 0 Å². The van der Waals surface area contributed by atoms with Crippen molar-refractivity contribution in [3.05, 3.63) is 36.7 Å². The van der Waals surface area contributed by atoms with Crippen LogP contribution in [0.2, 0.25) is 0 Å². The van der Waals surface area contributed by atoms with Crippen LogP contribution in [0.1, 0.15) is 0 Å². The van der Waals surface area contributed by atoms with E-state index in [4.69, 9.17) is 0 Å². The Morgan fingerprint density at radius 1 is 1.25 bits per heavy atom. The lowest BCUT2D eigenvalue weighted by molar-refractivity contribution is 0.234. The highest BCUT2D eigenvalue weighted by atomic mass is 32.2. The zero-order valence-electron chi connectivity index (χ0n) is 10.3. The normalized spacial score (nSPS) is 11.8. The molecule has 108 valence electrons. The smallest absolute Gasteiger partial charge is 0.341 e. The van der Waals surface area contributed by atoms with Gasteiger partial charge in [0.25, 0.3) is 0 Å². The van der Waals surface area contributed by atoms with Gasteiger partial charge in [0.05, 0.1) is 17.6 Å². The summed E-state index contributed by atoms with van der Waals surface area (Å²) in [5, 5.41) is 10.4. The van der Waals surface area contributed by atoms with E-state index in [0.29, 0.717) is 18.8 Å². The molecule has 2 rings (SSSR count). The fourth-order valence-electron chi connectivity index (χ4n) is 1.53. The summed E-state index contributed by atoms with van der Waals surface area (Å²) in [5.41, 5.74) is 0.637. The molecular weight excluding hydrogens is 290 g/mol. The topological polar surface area (TPSA) is 76.9 Å². The standard InChI is InChI=1S/C11H12F2N4O2S/c12-11(13)20(18,19)10-3-1-9(2-4-10)14-5-7-17-8-6-15-16-17/h1-4,6,8,11,14H,5,7H2. The van der Waals surface area contributed by atoms with Gasteiger partial charge >= 0.3 is 5.76 Å². The molecule has 0 unspecified atom stereocenters. The lowest BCUT2D eigenvalue weighted by Crippen LogP contribution is -2.12. The molecule has 1 aromatic heterocycles. The van der Waals surface area contributed by atoms with Crippen LogP contribution in [0.4, 0.5) is 14.5 Å². The van der Waals surface area contributed by atoms with Gasteiger partial charge in [-0.25, -0.2) is 8.42 Å². The van der Waals surface area contributed by atoms with Gasteiger partial charge in [-0.2, -0.15) is 8.78 Å². The van der Waals surface area contributed by atoms with Crippen molar-refractivity contribution in [1.82, 2.24) is 15.0 Å². The first-order valence-corrected chi connectivity index (χ1v) is 7.25. The largest absolute Gasteiger partial charge is 0.383 e. The zero-order chi connectivity index (χ0) is 14.6. The maximum absolute atomic E-state index is 12.3. The van der Waals surface area contributed by atoms with Crippen LogP contribution in [-0.2, 0) is 16.4 Å². The lowest BCUT2D eigenvalue weighted by Gasteiger charge is -2.07. The van der Waals surface area contributed by atoms with E-state index in [1.807, 2.05) is 0 Å². The van der Waals surface area contributed by atoms with Crippen molar-refractivity contribution in [3.63, 3.8) is 0 Å². The van der Waals surface area contributed by atoms with Crippen molar-refractivity contribution in [1.29, 1.82) is 0 Å². The third kappa shape index (κ3) is 3.29. The Kier molecular flexibility index (Phi) is 4.28. The molecule has 1 aromatic carbocycles. The van der Waals surface area contributed by atoms with Gasteiger partial charge < -0.3 is 5.32 Å². The van der Waals surface area contributed by atoms with E-state index in [-0.39, 0.29) is 0 Å². The second-order valence-corrected chi connectivity index (χ2v) is 5.84. The van der Waals surface area contributed by atoms with E-state index in [9.17, 15) is 17.2 Å². The molecule has 1 heterocycles. The molecule has 2 aromatic rings. The van der Waals surface area contributed by atoms with E-state index in [0.717, 1.165) is 12.1 Å². The molecule has 9 heteroatoms. The number of benzene rings is 1. The van der Waals surface area contributed by atoms with Gasteiger partial charge in [0.15, 0.2) is 0 Å². The second kappa shape index (κ2) is 5.95. The number of rotatable bonds is 6. The minimum atomic E-state index is -4.53. The highest BCUT2D eigenvalue weighted by Crippen LogP contribution is 2.20. The Labute approximate surface area is 114 Å². The first-order valence-electron chi connectivity index (χ1n) is 5.70. The number of alkyl halides is 2. The molecule has 0 aliphatic heterocycles. The fourth-order valence-corrected chi connectivity index (χ4v) is 2.25. The summed E-state index contributed by atoms with van der Waals surface area (Å²) in [6.07, 6.45) is 3.27. The SMILES string of the molecule is O=S(=O)(c1ccc(NCCn2ccnn2)cc1)C(F)F. The number of aromatic nitrogens is 3. The summed E-state index contributed by atoms with van der Waals surface area (Å²) in [6, 6.07) is 5.19. The Morgan fingerprint density at radius 3 is 2.50 bits per heavy atom. The van der Waals surface area contributed by atoms with Crippen molar-refractivity contribution in [3.8, 4) is 0 Å². The van der Waals surface area contributed by atoms with Crippen molar-refractivity contribution < 1.29 is 17.2 Å². The van der Waals surface area contributed by atoms with Gasteiger partial charge in [0.1, 0.15) is 0 Å². The first kappa shape index (κ1) is 14.4. The molecule has 1 N–H and O–H groups in total. The monoisotopic (exact) mass is 302 g/mol. The summed E-state index contributed by atoms with van der Waals surface area (Å²) in [5.74, 6) is -3.41. The van der Waals surface area contributed by atoms with Gasteiger partial charge in [-0.3, -0.25) is 4.68 Å². The van der Waals surface area contributed by atoms with Crippen molar-refractivity contribution in [2.75, 3.05) is 11.9 Å². The summed E-state index contributed by atoms with van der Waals surface area (Å²) < 4.78 is 48.8. The zero-order valence-corrected chi connectivity index (χ0v) is 11.1. The third-order valence-electron chi connectivity index (χ3n) is 2.56. The minimum Gasteiger partial charge on any atom is -0.383 e. The Hall–Kier alpha value is -2.03. The van der Waals surface area contributed by atoms with Crippen LogP contribution in [0.5, 0.6) is 0 Å². The Balaban J connectivity index is 1.95. The molecule has 0 saturated heterocycles. The number of nitrogens with zero attached hydrogens (tertiary/aromatic N) is 3. The van der Waals surface area contributed by atoms with Crippen LogP contribution in [0.3, 0.4) is 0 Å². The number of hydrogen-bond acceptors (Lipinski definition) is 5. The van der Waals surface area contributed by atoms with Gasteiger partial charge in [-0.15, -0.1) is 5.10 Å². The second-order valence-electron chi connectivity index (χ2n) is 3.92. The molecule has 0 amide bonds. The Morgan fingerprint density at radius 2 is 1.95 bits per heavy atom. The van der Waals surface area contributed by atoms with Crippen molar-refractivity contribution in [2.45, 2.75) is 17.2 Å². The van der Waals surface area contributed by atoms with E-state index >= 15 is 0 Å². The first-order chi connectivity index (χ1) is 9.50. The van der Waals surface area contributed by atoms with Crippen LogP contribution < -0.4 is 5.32 Å². The maximum atomic E-state index is 12.3. The summed E-state index contributed by atoms with van der Waals surface area (Å²) in [6.45, 7) is 1.13. The molecule has 0 bridgehead atoms. The molecule has 0 spiro atoms. The van der Waals surface area contributed by atoms with Crippen molar-refractivity contribution in [2.24, 2.45) is 0 Å². The number of hydrogen-bond donors (Lipinski definition) is 1. The van der Waals surface area contributed by atoms with Gasteiger partial charge in [-0.05, 0) is 24.3 Å². The predicted molar refractivity (Wildman–Crippen MR) is 68.1 cm³/mol. The Bertz CT molecular complexity index is 642.